The van der Waals surface area contributed by atoms with Gasteiger partial charge in [0.1, 0.15) is 0 Å². The molecule has 16 heavy (non-hydrogen) atoms. The van der Waals surface area contributed by atoms with Crippen LogP contribution in [0.1, 0.15) is 25.3 Å². The van der Waals surface area contributed by atoms with Gasteiger partial charge in [-0.15, -0.1) is 0 Å². The maximum Gasteiger partial charge on any atom is 0.0451 e. The molecule has 3 heteroatoms. The molecule has 0 aliphatic heterocycles. The molecule has 90 valence electrons. The van der Waals surface area contributed by atoms with Crippen LogP contribution in [0, 0.1) is 0 Å². The van der Waals surface area contributed by atoms with E-state index in [1.54, 1.807) is 0 Å². The summed E-state index contributed by atoms with van der Waals surface area (Å²) in [6.45, 7) is 3.89. The molecule has 0 heterocycles. The normalized spacial score (nSPS) is 13.1. The van der Waals surface area contributed by atoms with Gasteiger partial charge in [-0.3, -0.25) is 4.90 Å². The lowest BCUT2D eigenvalue weighted by molar-refractivity contribution is 0.236. The van der Waals surface area contributed by atoms with Gasteiger partial charge in [0.25, 0.3) is 0 Å². The fraction of sp³-hybridized carbons (Fsp3) is 0.538. The highest BCUT2D eigenvalue weighted by Gasteiger charge is 2.10. The monoisotopic (exact) mass is 240 g/mol. The number of rotatable bonds is 6. The number of benzene rings is 1. The molecule has 1 atom stereocenters. The largest absolute Gasteiger partial charge is 0.330 e. The second kappa shape index (κ2) is 6.89. The number of nitrogens with two attached hydrogens (primary N) is 1. The van der Waals surface area contributed by atoms with Crippen LogP contribution in [-0.2, 0) is 6.54 Å². The standard InChI is InChI=1S/C13H21ClN2/c1-11(6-5-9-15)16(2)10-12-7-3-4-8-13(12)14/h3-4,7-8,11H,5-6,9-10,15H2,1-2H3. The van der Waals surface area contributed by atoms with Crippen LogP contribution in [0.2, 0.25) is 5.02 Å². The van der Waals surface area contributed by atoms with E-state index in [1.807, 2.05) is 18.2 Å². The van der Waals surface area contributed by atoms with Crippen molar-refractivity contribution in [2.24, 2.45) is 5.73 Å². The Kier molecular flexibility index (Phi) is 5.81. The highest BCUT2D eigenvalue weighted by atomic mass is 35.5. The second-order valence-corrected chi connectivity index (χ2v) is 4.69. The van der Waals surface area contributed by atoms with Crippen LogP contribution in [-0.4, -0.2) is 24.5 Å². The summed E-state index contributed by atoms with van der Waals surface area (Å²) in [6, 6.07) is 8.55. The molecule has 0 spiro atoms. The smallest absolute Gasteiger partial charge is 0.0451 e. The first-order chi connectivity index (χ1) is 7.65. The summed E-state index contributed by atoms with van der Waals surface area (Å²) in [7, 11) is 2.13. The summed E-state index contributed by atoms with van der Waals surface area (Å²) in [5.41, 5.74) is 6.70. The molecule has 2 N–H and O–H groups in total. The zero-order valence-electron chi connectivity index (χ0n) is 10.1. The zero-order chi connectivity index (χ0) is 12.0. The van der Waals surface area contributed by atoms with Crippen molar-refractivity contribution in [2.75, 3.05) is 13.6 Å². The first-order valence-corrected chi connectivity index (χ1v) is 6.16. The predicted octanol–water partition coefficient (Wildman–Crippen LogP) is 2.90. The highest BCUT2D eigenvalue weighted by Crippen LogP contribution is 2.18. The fourth-order valence-corrected chi connectivity index (χ4v) is 1.88. The van der Waals surface area contributed by atoms with E-state index in [0.717, 1.165) is 31.0 Å². The Morgan fingerprint density at radius 3 is 2.69 bits per heavy atom. The molecule has 2 nitrogen and oxygen atoms in total. The van der Waals surface area contributed by atoms with Gasteiger partial charge in [-0.1, -0.05) is 29.8 Å². The van der Waals surface area contributed by atoms with Crippen LogP contribution < -0.4 is 5.73 Å². The molecule has 0 fully saturated rings. The van der Waals surface area contributed by atoms with E-state index in [1.165, 1.54) is 5.56 Å². The second-order valence-electron chi connectivity index (χ2n) is 4.29. The topological polar surface area (TPSA) is 29.3 Å². The zero-order valence-corrected chi connectivity index (χ0v) is 10.9. The summed E-state index contributed by atoms with van der Waals surface area (Å²) >= 11 is 6.13. The van der Waals surface area contributed by atoms with Crippen molar-refractivity contribution >= 4 is 11.6 Å². The molecule has 1 rings (SSSR count). The SMILES string of the molecule is CC(CCCN)N(C)Cc1ccccc1Cl. The van der Waals surface area contributed by atoms with E-state index in [-0.39, 0.29) is 0 Å². The lowest BCUT2D eigenvalue weighted by atomic mass is 10.1. The van der Waals surface area contributed by atoms with Gasteiger partial charge < -0.3 is 5.73 Å². The van der Waals surface area contributed by atoms with Crippen LogP contribution in [0.3, 0.4) is 0 Å². The summed E-state index contributed by atoms with van der Waals surface area (Å²) < 4.78 is 0. The van der Waals surface area contributed by atoms with Crippen LogP contribution in [0.4, 0.5) is 0 Å². The summed E-state index contributed by atoms with van der Waals surface area (Å²) in [4.78, 5) is 2.32. The van der Waals surface area contributed by atoms with Crippen LogP contribution in [0.15, 0.2) is 24.3 Å². The van der Waals surface area contributed by atoms with Crippen molar-refractivity contribution in [2.45, 2.75) is 32.4 Å². The van der Waals surface area contributed by atoms with Crippen molar-refractivity contribution in [3.8, 4) is 0 Å². The van der Waals surface area contributed by atoms with Gasteiger partial charge in [0.2, 0.25) is 0 Å². The van der Waals surface area contributed by atoms with Gasteiger partial charge in [0.15, 0.2) is 0 Å². The van der Waals surface area contributed by atoms with E-state index in [2.05, 4.69) is 24.9 Å². The van der Waals surface area contributed by atoms with E-state index in [0.29, 0.717) is 6.04 Å². The molecule has 0 radical (unpaired) electrons. The minimum absolute atomic E-state index is 0.542. The highest BCUT2D eigenvalue weighted by molar-refractivity contribution is 6.31. The third-order valence-electron chi connectivity index (χ3n) is 2.96. The molecule has 0 amide bonds. The van der Waals surface area contributed by atoms with Gasteiger partial charge in [-0.25, -0.2) is 0 Å². The molecule has 1 aromatic carbocycles. The maximum absolute atomic E-state index is 6.13. The Morgan fingerprint density at radius 1 is 1.38 bits per heavy atom. The molecule has 0 bridgehead atoms. The van der Waals surface area contributed by atoms with E-state index < -0.39 is 0 Å². The maximum atomic E-state index is 6.13. The average molecular weight is 241 g/mol. The number of hydrogen-bond donors (Lipinski definition) is 1. The fourth-order valence-electron chi connectivity index (χ4n) is 1.68. The van der Waals surface area contributed by atoms with Crippen LogP contribution >= 0.6 is 11.6 Å². The van der Waals surface area contributed by atoms with Gasteiger partial charge >= 0.3 is 0 Å². The van der Waals surface area contributed by atoms with E-state index >= 15 is 0 Å². The molecular weight excluding hydrogens is 220 g/mol. The third-order valence-corrected chi connectivity index (χ3v) is 3.32. The summed E-state index contributed by atoms with van der Waals surface area (Å²) in [6.07, 6.45) is 2.21. The van der Waals surface area contributed by atoms with Crippen LogP contribution in [0.5, 0.6) is 0 Å². The average Bonchev–Trinajstić information content (AvgIpc) is 2.28. The van der Waals surface area contributed by atoms with Gasteiger partial charge in [0.05, 0.1) is 0 Å². The number of halogens is 1. The Hall–Kier alpha value is -0.570. The molecule has 0 aliphatic rings. The first kappa shape index (κ1) is 13.5. The molecule has 1 unspecified atom stereocenters. The van der Waals surface area contributed by atoms with Crippen LogP contribution in [0.25, 0.3) is 0 Å². The van der Waals surface area contributed by atoms with Gasteiger partial charge in [-0.2, -0.15) is 0 Å². The van der Waals surface area contributed by atoms with Crippen molar-refractivity contribution in [3.05, 3.63) is 34.9 Å². The van der Waals surface area contributed by atoms with Gasteiger partial charge in [-0.05, 0) is 45.0 Å². The molecule has 0 aliphatic carbocycles. The molecule has 0 saturated carbocycles. The van der Waals surface area contributed by atoms with E-state index in [9.17, 15) is 0 Å². The van der Waals surface area contributed by atoms with Crippen molar-refractivity contribution in [1.29, 1.82) is 0 Å². The predicted molar refractivity (Wildman–Crippen MR) is 70.7 cm³/mol. The number of nitrogens with zero attached hydrogens (tertiary/aromatic N) is 1. The minimum Gasteiger partial charge on any atom is -0.330 e. The molecule has 0 aromatic heterocycles. The third kappa shape index (κ3) is 4.12. The first-order valence-electron chi connectivity index (χ1n) is 5.79. The number of hydrogen-bond acceptors (Lipinski definition) is 2. The summed E-state index contributed by atoms with van der Waals surface area (Å²) in [5.74, 6) is 0. The Balaban J connectivity index is 2.50. The van der Waals surface area contributed by atoms with Crippen molar-refractivity contribution < 1.29 is 0 Å². The van der Waals surface area contributed by atoms with E-state index in [4.69, 9.17) is 17.3 Å². The van der Waals surface area contributed by atoms with Gasteiger partial charge in [0, 0.05) is 17.6 Å². The van der Waals surface area contributed by atoms with Crippen molar-refractivity contribution in [1.82, 2.24) is 4.90 Å². The minimum atomic E-state index is 0.542. The Labute approximate surface area is 103 Å². The van der Waals surface area contributed by atoms with Crippen molar-refractivity contribution in [3.63, 3.8) is 0 Å². The lowest BCUT2D eigenvalue weighted by Crippen LogP contribution is -2.29. The molecule has 0 saturated heterocycles. The molecular formula is C13H21ClN2. The Morgan fingerprint density at radius 2 is 2.06 bits per heavy atom. The quantitative estimate of drug-likeness (QED) is 0.829. The summed E-state index contributed by atoms with van der Waals surface area (Å²) in [5, 5.41) is 0.848. The Bertz CT molecular complexity index is 315. The molecule has 1 aromatic rings. The lowest BCUT2D eigenvalue weighted by Gasteiger charge is -2.25.